The van der Waals surface area contributed by atoms with Gasteiger partial charge in [-0.25, -0.2) is 8.78 Å². The van der Waals surface area contributed by atoms with Gasteiger partial charge in [0, 0.05) is 17.7 Å². The van der Waals surface area contributed by atoms with Crippen LogP contribution in [0.5, 0.6) is 0 Å². The molecule has 0 spiro atoms. The second kappa shape index (κ2) is 5.39. The minimum Gasteiger partial charge on any atom is -0.323 e. The molecule has 0 saturated heterocycles. The predicted octanol–water partition coefficient (Wildman–Crippen LogP) is 2.34. The van der Waals surface area contributed by atoms with Gasteiger partial charge < -0.3 is 4.90 Å². The molecule has 0 aliphatic heterocycles. The standard InChI is InChI=1S/C12H12F2N2O/c1-8(2)16(4-3-15)12(17)9-5-10(13)7-11(14)6-9/h5-8H,4H2,1-2H3. The molecule has 0 aromatic heterocycles. The second-order valence-electron chi connectivity index (χ2n) is 3.84. The van der Waals surface area contributed by atoms with Crippen molar-refractivity contribution in [2.75, 3.05) is 6.54 Å². The van der Waals surface area contributed by atoms with Crippen molar-refractivity contribution in [3.05, 3.63) is 35.4 Å². The Labute approximate surface area is 98.3 Å². The van der Waals surface area contributed by atoms with Crippen LogP contribution in [0.15, 0.2) is 18.2 Å². The quantitative estimate of drug-likeness (QED) is 0.758. The van der Waals surface area contributed by atoms with Crippen molar-refractivity contribution in [3.8, 4) is 6.07 Å². The highest BCUT2D eigenvalue weighted by Crippen LogP contribution is 2.12. The third-order valence-corrected chi connectivity index (χ3v) is 2.23. The molecule has 90 valence electrons. The molecule has 1 rings (SSSR count). The maximum atomic E-state index is 13.0. The number of benzene rings is 1. The van der Waals surface area contributed by atoms with Crippen LogP contribution in [-0.4, -0.2) is 23.4 Å². The zero-order valence-electron chi connectivity index (χ0n) is 9.58. The number of halogens is 2. The van der Waals surface area contributed by atoms with Gasteiger partial charge in [0.25, 0.3) is 5.91 Å². The highest BCUT2D eigenvalue weighted by Gasteiger charge is 2.19. The molecule has 1 aromatic rings. The molecule has 0 aliphatic rings. The summed E-state index contributed by atoms with van der Waals surface area (Å²) < 4.78 is 25.9. The Bertz CT molecular complexity index is 446. The number of carbonyl (C=O) groups excluding carboxylic acids is 1. The van der Waals surface area contributed by atoms with Crippen molar-refractivity contribution < 1.29 is 13.6 Å². The third kappa shape index (κ3) is 3.25. The normalized spacial score (nSPS) is 10.1. The Morgan fingerprint density at radius 3 is 2.29 bits per heavy atom. The molecule has 0 radical (unpaired) electrons. The summed E-state index contributed by atoms with van der Waals surface area (Å²) in [6.45, 7) is 3.34. The molecule has 0 N–H and O–H groups in total. The molecular formula is C12H12F2N2O. The lowest BCUT2D eigenvalue weighted by Gasteiger charge is -2.23. The van der Waals surface area contributed by atoms with Gasteiger partial charge in [-0.3, -0.25) is 4.79 Å². The predicted molar refractivity (Wildman–Crippen MR) is 58.1 cm³/mol. The zero-order valence-corrected chi connectivity index (χ0v) is 9.58. The summed E-state index contributed by atoms with van der Waals surface area (Å²) in [7, 11) is 0. The lowest BCUT2D eigenvalue weighted by molar-refractivity contribution is 0.0730. The summed E-state index contributed by atoms with van der Waals surface area (Å²) in [5, 5.41) is 8.60. The molecule has 17 heavy (non-hydrogen) atoms. The smallest absolute Gasteiger partial charge is 0.255 e. The number of carbonyl (C=O) groups is 1. The molecule has 0 fully saturated rings. The first-order valence-electron chi connectivity index (χ1n) is 5.09. The fraction of sp³-hybridized carbons (Fsp3) is 0.333. The Hall–Kier alpha value is -1.96. The van der Waals surface area contributed by atoms with Gasteiger partial charge in [0.05, 0.1) is 6.07 Å². The molecule has 0 unspecified atom stereocenters. The van der Waals surface area contributed by atoms with Gasteiger partial charge in [-0.15, -0.1) is 0 Å². The van der Waals surface area contributed by atoms with Crippen LogP contribution >= 0.6 is 0 Å². The van der Waals surface area contributed by atoms with Gasteiger partial charge in [-0.2, -0.15) is 5.26 Å². The van der Waals surface area contributed by atoms with Crippen LogP contribution in [0.3, 0.4) is 0 Å². The Balaban J connectivity index is 3.05. The highest BCUT2D eigenvalue weighted by atomic mass is 19.1. The molecule has 0 aliphatic carbocycles. The Morgan fingerprint density at radius 1 is 1.35 bits per heavy atom. The van der Waals surface area contributed by atoms with E-state index in [0.29, 0.717) is 6.07 Å². The van der Waals surface area contributed by atoms with Crippen molar-refractivity contribution in [2.45, 2.75) is 19.9 Å². The van der Waals surface area contributed by atoms with Gasteiger partial charge >= 0.3 is 0 Å². The van der Waals surface area contributed by atoms with E-state index in [4.69, 9.17) is 5.26 Å². The van der Waals surface area contributed by atoms with Crippen LogP contribution in [0.2, 0.25) is 0 Å². The summed E-state index contributed by atoms with van der Waals surface area (Å²) in [6.07, 6.45) is 0. The molecule has 1 aromatic carbocycles. The number of nitriles is 1. The maximum Gasteiger partial charge on any atom is 0.255 e. The lowest BCUT2D eigenvalue weighted by atomic mass is 10.1. The summed E-state index contributed by atoms with van der Waals surface area (Å²) in [6, 6.07) is 4.24. The number of hydrogen-bond donors (Lipinski definition) is 0. The Kier molecular flexibility index (Phi) is 4.16. The summed E-state index contributed by atoms with van der Waals surface area (Å²) >= 11 is 0. The minimum atomic E-state index is -0.811. The first-order valence-corrected chi connectivity index (χ1v) is 5.09. The van der Waals surface area contributed by atoms with E-state index in [-0.39, 0.29) is 18.2 Å². The van der Waals surface area contributed by atoms with Crippen molar-refractivity contribution in [1.82, 2.24) is 4.90 Å². The van der Waals surface area contributed by atoms with Gasteiger partial charge in [0.15, 0.2) is 0 Å². The summed E-state index contributed by atoms with van der Waals surface area (Å²) in [4.78, 5) is 13.2. The zero-order chi connectivity index (χ0) is 13.0. The van der Waals surface area contributed by atoms with E-state index in [1.54, 1.807) is 13.8 Å². The first kappa shape index (κ1) is 13.1. The monoisotopic (exact) mass is 238 g/mol. The van der Waals surface area contributed by atoms with Crippen LogP contribution in [0, 0.1) is 23.0 Å². The lowest BCUT2D eigenvalue weighted by Crippen LogP contribution is -2.37. The molecule has 0 saturated carbocycles. The minimum absolute atomic E-state index is 0.0912. The fourth-order valence-electron chi connectivity index (χ4n) is 1.41. The van der Waals surface area contributed by atoms with E-state index in [1.165, 1.54) is 4.90 Å². The summed E-state index contributed by atoms with van der Waals surface area (Å²) in [5.41, 5.74) is -0.0912. The maximum absolute atomic E-state index is 13.0. The van der Waals surface area contributed by atoms with Crippen LogP contribution in [0.1, 0.15) is 24.2 Å². The number of amides is 1. The van der Waals surface area contributed by atoms with E-state index in [1.807, 2.05) is 6.07 Å². The fourth-order valence-corrected chi connectivity index (χ4v) is 1.41. The summed E-state index contributed by atoms with van der Waals surface area (Å²) in [5.74, 6) is -2.18. The number of nitrogens with zero attached hydrogens (tertiary/aromatic N) is 2. The number of rotatable bonds is 3. The first-order chi connectivity index (χ1) is 7.95. The van der Waals surface area contributed by atoms with Crippen molar-refractivity contribution in [3.63, 3.8) is 0 Å². The third-order valence-electron chi connectivity index (χ3n) is 2.23. The molecular weight excluding hydrogens is 226 g/mol. The van der Waals surface area contributed by atoms with E-state index in [0.717, 1.165) is 12.1 Å². The molecule has 3 nitrogen and oxygen atoms in total. The Morgan fingerprint density at radius 2 is 1.88 bits per heavy atom. The van der Waals surface area contributed by atoms with Crippen molar-refractivity contribution in [2.24, 2.45) is 0 Å². The molecule has 5 heteroatoms. The van der Waals surface area contributed by atoms with Crippen molar-refractivity contribution in [1.29, 1.82) is 5.26 Å². The molecule has 1 amide bonds. The van der Waals surface area contributed by atoms with Crippen LogP contribution in [0.4, 0.5) is 8.78 Å². The largest absolute Gasteiger partial charge is 0.323 e. The second-order valence-corrected chi connectivity index (χ2v) is 3.84. The topological polar surface area (TPSA) is 44.1 Å². The van der Waals surface area contributed by atoms with E-state index >= 15 is 0 Å². The van der Waals surface area contributed by atoms with Gasteiger partial charge in [-0.05, 0) is 26.0 Å². The van der Waals surface area contributed by atoms with Gasteiger partial charge in [-0.1, -0.05) is 0 Å². The number of hydrogen-bond acceptors (Lipinski definition) is 2. The van der Waals surface area contributed by atoms with Crippen LogP contribution in [0.25, 0.3) is 0 Å². The van der Waals surface area contributed by atoms with E-state index in [2.05, 4.69) is 0 Å². The van der Waals surface area contributed by atoms with Gasteiger partial charge in [0.1, 0.15) is 18.2 Å². The molecule has 0 atom stereocenters. The molecule has 0 bridgehead atoms. The average Bonchev–Trinajstić information content (AvgIpc) is 2.23. The average molecular weight is 238 g/mol. The van der Waals surface area contributed by atoms with Crippen LogP contribution in [-0.2, 0) is 0 Å². The van der Waals surface area contributed by atoms with Crippen molar-refractivity contribution >= 4 is 5.91 Å². The van der Waals surface area contributed by atoms with Gasteiger partial charge in [0.2, 0.25) is 0 Å². The van der Waals surface area contributed by atoms with E-state index in [9.17, 15) is 13.6 Å². The SMILES string of the molecule is CC(C)N(CC#N)C(=O)c1cc(F)cc(F)c1. The van der Waals surface area contributed by atoms with Crippen LogP contribution < -0.4 is 0 Å². The van der Waals surface area contributed by atoms with E-state index < -0.39 is 17.5 Å². The highest BCUT2D eigenvalue weighted by molar-refractivity contribution is 5.94. The molecule has 0 heterocycles.